The fourth-order valence-corrected chi connectivity index (χ4v) is 3.88. The third kappa shape index (κ3) is 4.99. The Morgan fingerprint density at radius 2 is 1.77 bits per heavy atom. The fraction of sp³-hybridized carbons (Fsp3) is 0.500. The number of likely N-dealkylation sites (N-methyl/N-ethyl adjacent to an activating group) is 1. The molecule has 168 valence electrons. The van der Waals surface area contributed by atoms with Crippen molar-refractivity contribution in [2.75, 3.05) is 53.5 Å². The van der Waals surface area contributed by atoms with Crippen LogP contribution in [0.25, 0.3) is 0 Å². The third-order valence-corrected chi connectivity index (χ3v) is 5.71. The highest BCUT2D eigenvalue weighted by atomic mass is 16.5. The molecule has 0 radical (unpaired) electrons. The van der Waals surface area contributed by atoms with Gasteiger partial charge in [0.1, 0.15) is 5.75 Å². The van der Waals surface area contributed by atoms with Gasteiger partial charge in [-0.3, -0.25) is 14.6 Å². The molecule has 2 aliphatic heterocycles. The van der Waals surface area contributed by atoms with Gasteiger partial charge in [-0.15, -0.1) is 0 Å². The van der Waals surface area contributed by atoms with Crippen molar-refractivity contribution in [3.05, 3.63) is 41.1 Å². The lowest BCUT2D eigenvalue weighted by Crippen LogP contribution is -2.52. The second-order valence-electron chi connectivity index (χ2n) is 7.58. The maximum absolute atomic E-state index is 13.0. The molecule has 2 aliphatic rings. The number of carbonyl (C=O) groups is 3. The first kappa shape index (κ1) is 22.6. The predicted octanol–water partition coefficient (Wildman–Crippen LogP) is 1.37. The van der Waals surface area contributed by atoms with Gasteiger partial charge >= 0.3 is 12.0 Å². The number of piperazine rings is 1. The number of hydrogen-bond acceptors (Lipinski definition) is 6. The van der Waals surface area contributed by atoms with Crippen molar-refractivity contribution in [1.29, 1.82) is 0 Å². The SMILES string of the molecule is CCOC(=O)C1=C(CN2CCN(C(C)=O)CC2)N(C)C(=O)NC1c1ccc(OC)cc1. The summed E-state index contributed by atoms with van der Waals surface area (Å²) in [7, 11) is 3.24. The van der Waals surface area contributed by atoms with E-state index in [1.165, 1.54) is 4.90 Å². The van der Waals surface area contributed by atoms with Gasteiger partial charge in [-0.1, -0.05) is 12.1 Å². The molecule has 1 N–H and O–H groups in total. The Labute approximate surface area is 182 Å². The van der Waals surface area contributed by atoms with E-state index in [0.29, 0.717) is 49.7 Å². The van der Waals surface area contributed by atoms with Crippen molar-refractivity contribution in [2.45, 2.75) is 19.9 Å². The van der Waals surface area contributed by atoms with Gasteiger partial charge in [0.2, 0.25) is 5.91 Å². The molecule has 1 aromatic carbocycles. The highest BCUT2D eigenvalue weighted by Crippen LogP contribution is 2.32. The van der Waals surface area contributed by atoms with Crippen molar-refractivity contribution in [3.8, 4) is 5.75 Å². The number of rotatable bonds is 6. The maximum atomic E-state index is 13.0. The molecule has 0 spiro atoms. The lowest BCUT2D eigenvalue weighted by molar-refractivity contribution is -0.139. The standard InChI is InChI=1S/C22H30N4O5/c1-5-31-21(28)19-18(14-25-10-12-26(13-11-25)15(2)27)24(3)22(29)23-20(19)16-6-8-17(30-4)9-7-16/h6-9,20H,5,10-14H2,1-4H3,(H,23,29). The summed E-state index contributed by atoms with van der Waals surface area (Å²) in [6, 6.07) is 6.34. The number of hydrogen-bond donors (Lipinski definition) is 1. The zero-order chi connectivity index (χ0) is 22.5. The zero-order valence-electron chi connectivity index (χ0n) is 18.5. The minimum atomic E-state index is -0.623. The first-order valence-corrected chi connectivity index (χ1v) is 10.4. The van der Waals surface area contributed by atoms with Gasteiger partial charge in [-0.25, -0.2) is 9.59 Å². The number of methoxy groups -OCH3 is 1. The minimum Gasteiger partial charge on any atom is -0.497 e. The Morgan fingerprint density at radius 3 is 2.32 bits per heavy atom. The van der Waals surface area contributed by atoms with E-state index in [2.05, 4.69) is 10.2 Å². The average Bonchev–Trinajstić information content (AvgIpc) is 2.77. The first-order valence-electron chi connectivity index (χ1n) is 10.4. The molecular weight excluding hydrogens is 400 g/mol. The summed E-state index contributed by atoms with van der Waals surface area (Å²) in [4.78, 5) is 42.8. The molecule has 1 fully saturated rings. The van der Waals surface area contributed by atoms with E-state index in [9.17, 15) is 14.4 Å². The van der Waals surface area contributed by atoms with Gasteiger partial charge in [0.25, 0.3) is 0 Å². The Bertz CT molecular complexity index is 859. The second-order valence-corrected chi connectivity index (χ2v) is 7.58. The van der Waals surface area contributed by atoms with Crippen molar-refractivity contribution in [1.82, 2.24) is 20.0 Å². The van der Waals surface area contributed by atoms with Crippen LogP contribution in [-0.2, 0) is 14.3 Å². The summed E-state index contributed by atoms with van der Waals surface area (Å²) in [5.41, 5.74) is 1.80. The molecule has 0 saturated carbocycles. The first-order chi connectivity index (χ1) is 14.8. The lowest BCUT2D eigenvalue weighted by atomic mass is 9.94. The molecule has 1 unspecified atom stereocenters. The van der Waals surface area contributed by atoms with Crippen LogP contribution >= 0.6 is 0 Å². The largest absolute Gasteiger partial charge is 0.497 e. The van der Waals surface area contributed by atoms with Crippen molar-refractivity contribution in [3.63, 3.8) is 0 Å². The molecule has 0 bridgehead atoms. The molecule has 3 rings (SSSR count). The monoisotopic (exact) mass is 430 g/mol. The molecule has 1 saturated heterocycles. The maximum Gasteiger partial charge on any atom is 0.338 e. The summed E-state index contributed by atoms with van der Waals surface area (Å²) >= 11 is 0. The summed E-state index contributed by atoms with van der Waals surface area (Å²) in [5.74, 6) is 0.292. The van der Waals surface area contributed by atoms with Gasteiger partial charge in [0.15, 0.2) is 0 Å². The van der Waals surface area contributed by atoms with E-state index in [1.807, 2.05) is 12.1 Å². The van der Waals surface area contributed by atoms with Gasteiger partial charge in [-0.2, -0.15) is 0 Å². The summed E-state index contributed by atoms with van der Waals surface area (Å²) in [6.45, 7) is 6.55. The Morgan fingerprint density at radius 1 is 1.13 bits per heavy atom. The van der Waals surface area contributed by atoms with Gasteiger partial charge in [0, 0.05) is 52.4 Å². The average molecular weight is 431 g/mol. The molecule has 1 atom stereocenters. The van der Waals surface area contributed by atoms with Crippen LogP contribution in [0.4, 0.5) is 4.79 Å². The normalized spacial score (nSPS) is 19.9. The summed E-state index contributed by atoms with van der Waals surface area (Å²) in [6.07, 6.45) is 0. The van der Waals surface area contributed by atoms with E-state index in [1.54, 1.807) is 45.0 Å². The molecule has 0 aromatic heterocycles. The number of esters is 1. The van der Waals surface area contributed by atoms with Crippen molar-refractivity contribution < 1.29 is 23.9 Å². The second kappa shape index (κ2) is 9.82. The van der Waals surface area contributed by atoms with Crippen LogP contribution in [0.5, 0.6) is 5.75 Å². The molecule has 0 aliphatic carbocycles. The van der Waals surface area contributed by atoms with E-state index in [-0.39, 0.29) is 18.5 Å². The highest BCUT2D eigenvalue weighted by Gasteiger charge is 2.37. The molecule has 9 nitrogen and oxygen atoms in total. The van der Waals surface area contributed by atoms with Crippen LogP contribution in [0, 0.1) is 0 Å². The molecule has 9 heteroatoms. The number of nitrogens with one attached hydrogen (secondary N) is 1. The summed E-state index contributed by atoms with van der Waals surface area (Å²) in [5, 5.41) is 2.91. The molecular formula is C22H30N4O5. The lowest BCUT2D eigenvalue weighted by Gasteiger charge is -2.39. The number of ether oxygens (including phenoxy) is 2. The van der Waals surface area contributed by atoms with Crippen LogP contribution < -0.4 is 10.1 Å². The van der Waals surface area contributed by atoms with Crippen molar-refractivity contribution in [2.24, 2.45) is 0 Å². The van der Waals surface area contributed by atoms with Gasteiger partial charge in [-0.05, 0) is 24.6 Å². The van der Waals surface area contributed by atoms with Gasteiger partial charge in [0.05, 0.1) is 25.3 Å². The molecule has 2 heterocycles. The predicted molar refractivity (Wildman–Crippen MR) is 114 cm³/mol. The van der Waals surface area contributed by atoms with Crippen LogP contribution in [0.1, 0.15) is 25.5 Å². The van der Waals surface area contributed by atoms with Crippen LogP contribution in [0.2, 0.25) is 0 Å². The van der Waals surface area contributed by atoms with Crippen LogP contribution in [0.3, 0.4) is 0 Å². The van der Waals surface area contributed by atoms with Crippen LogP contribution in [0.15, 0.2) is 35.5 Å². The van der Waals surface area contributed by atoms with E-state index < -0.39 is 12.0 Å². The van der Waals surface area contributed by atoms with E-state index in [4.69, 9.17) is 9.47 Å². The van der Waals surface area contributed by atoms with Crippen molar-refractivity contribution >= 4 is 17.9 Å². The smallest absolute Gasteiger partial charge is 0.338 e. The molecule has 1 aromatic rings. The van der Waals surface area contributed by atoms with E-state index in [0.717, 1.165) is 5.56 Å². The van der Waals surface area contributed by atoms with E-state index >= 15 is 0 Å². The molecule has 31 heavy (non-hydrogen) atoms. The zero-order valence-corrected chi connectivity index (χ0v) is 18.5. The Kier molecular flexibility index (Phi) is 7.17. The minimum absolute atomic E-state index is 0.0554. The third-order valence-electron chi connectivity index (χ3n) is 5.71. The highest BCUT2D eigenvalue weighted by molar-refractivity contribution is 5.95. The van der Waals surface area contributed by atoms with Crippen LogP contribution in [-0.4, -0.2) is 86.1 Å². The Balaban J connectivity index is 1.95. The quantitative estimate of drug-likeness (QED) is 0.686. The topological polar surface area (TPSA) is 91.4 Å². The number of carbonyl (C=O) groups excluding carboxylic acids is 3. The summed E-state index contributed by atoms with van der Waals surface area (Å²) < 4.78 is 10.6. The number of nitrogens with zero attached hydrogens (tertiary/aromatic N) is 3. The van der Waals surface area contributed by atoms with Gasteiger partial charge < -0.3 is 19.7 Å². The molecule has 3 amide bonds. The number of amides is 3. The fourth-order valence-electron chi connectivity index (χ4n) is 3.88. The number of benzene rings is 1. The number of urea groups is 1. The Hall–Kier alpha value is -3.07.